The first-order chi connectivity index (χ1) is 32.0. The van der Waals surface area contributed by atoms with Crippen LogP contribution in [0.4, 0.5) is 0 Å². The van der Waals surface area contributed by atoms with Gasteiger partial charge in [0.2, 0.25) is 0 Å². The second-order valence-corrected chi connectivity index (χ2v) is 17.9. The smallest absolute Gasteiger partial charge is 0.306 e. The van der Waals surface area contributed by atoms with Crippen LogP contribution in [-0.4, -0.2) is 37.2 Å². The molecule has 0 aromatic rings. The van der Waals surface area contributed by atoms with Crippen molar-refractivity contribution >= 4 is 17.9 Å². The molecule has 1 atom stereocenters. The Bertz CT molecular complexity index is 1270. The van der Waals surface area contributed by atoms with Gasteiger partial charge >= 0.3 is 17.9 Å². The highest BCUT2D eigenvalue weighted by molar-refractivity contribution is 5.71. The van der Waals surface area contributed by atoms with E-state index in [1.165, 1.54) is 116 Å². The fourth-order valence-electron chi connectivity index (χ4n) is 7.38. The third kappa shape index (κ3) is 51.4. The second kappa shape index (κ2) is 53.2. The fourth-order valence-corrected chi connectivity index (χ4v) is 7.38. The summed E-state index contributed by atoms with van der Waals surface area (Å²) >= 11 is 0. The molecule has 0 aromatic heterocycles. The molecule has 0 aliphatic rings. The highest BCUT2D eigenvalue weighted by atomic mass is 16.6. The van der Waals surface area contributed by atoms with Gasteiger partial charge in [0, 0.05) is 19.3 Å². The third-order valence-corrected chi connectivity index (χ3v) is 11.5. The molecule has 0 bridgehead atoms. The van der Waals surface area contributed by atoms with Crippen LogP contribution in [0.3, 0.4) is 0 Å². The number of ether oxygens (including phenoxy) is 3. The van der Waals surface area contributed by atoms with E-state index in [1.54, 1.807) is 0 Å². The number of esters is 3. The molecule has 0 saturated heterocycles. The normalized spacial score (nSPS) is 12.7. The average Bonchev–Trinajstić information content (AvgIpc) is 3.30. The van der Waals surface area contributed by atoms with Crippen LogP contribution in [0, 0.1) is 0 Å². The van der Waals surface area contributed by atoms with Crippen molar-refractivity contribution in [2.24, 2.45) is 0 Å². The van der Waals surface area contributed by atoms with E-state index in [9.17, 15) is 14.4 Å². The van der Waals surface area contributed by atoms with Gasteiger partial charge in [-0.1, -0.05) is 247 Å². The third-order valence-electron chi connectivity index (χ3n) is 11.5. The zero-order chi connectivity index (χ0) is 47.2. The monoisotopic (exact) mass is 905 g/mol. The Morgan fingerprint density at radius 2 is 0.646 bits per heavy atom. The zero-order valence-corrected chi connectivity index (χ0v) is 42.5. The molecule has 65 heavy (non-hydrogen) atoms. The van der Waals surface area contributed by atoms with E-state index >= 15 is 0 Å². The lowest BCUT2D eigenvalue weighted by atomic mass is 10.0. The lowest BCUT2D eigenvalue weighted by molar-refractivity contribution is -0.167. The van der Waals surface area contributed by atoms with Crippen molar-refractivity contribution in [3.8, 4) is 0 Å². The van der Waals surface area contributed by atoms with Crippen molar-refractivity contribution < 1.29 is 28.6 Å². The molecule has 0 saturated carbocycles. The van der Waals surface area contributed by atoms with Gasteiger partial charge in [0.25, 0.3) is 0 Å². The quantitative estimate of drug-likeness (QED) is 0.0199. The van der Waals surface area contributed by atoms with Gasteiger partial charge < -0.3 is 14.2 Å². The second-order valence-electron chi connectivity index (χ2n) is 17.9. The maximum absolute atomic E-state index is 12.8. The molecule has 0 spiro atoms. The lowest BCUT2D eigenvalue weighted by Crippen LogP contribution is -2.30. The van der Waals surface area contributed by atoms with Gasteiger partial charge in [-0.3, -0.25) is 14.4 Å². The minimum atomic E-state index is -0.790. The van der Waals surface area contributed by atoms with E-state index in [2.05, 4.69) is 81.5 Å². The largest absolute Gasteiger partial charge is 0.462 e. The first kappa shape index (κ1) is 61.6. The van der Waals surface area contributed by atoms with Crippen molar-refractivity contribution in [3.63, 3.8) is 0 Å². The van der Waals surface area contributed by atoms with Crippen LogP contribution in [0.2, 0.25) is 0 Å². The summed E-state index contributed by atoms with van der Waals surface area (Å²) in [4.78, 5) is 38.1. The van der Waals surface area contributed by atoms with E-state index in [1.807, 2.05) is 24.3 Å². The Kier molecular flexibility index (Phi) is 50.4. The van der Waals surface area contributed by atoms with Crippen molar-refractivity contribution in [1.82, 2.24) is 0 Å². The molecule has 0 aliphatic heterocycles. The van der Waals surface area contributed by atoms with Crippen LogP contribution in [-0.2, 0) is 28.6 Å². The Morgan fingerprint density at radius 1 is 0.323 bits per heavy atom. The Labute approximate surface area is 401 Å². The summed E-state index contributed by atoms with van der Waals surface area (Å²) in [5.74, 6) is -0.918. The maximum atomic E-state index is 12.8. The molecule has 0 heterocycles. The van der Waals surface area contributed by atoms with Crippen molar-refractivity contribution in [2.75, 3.05) is 13.2 Å². The summed E-state index contributed by atoms with van der Waals surface area (Å²) in [5.41, 5.74) is 0. The number of hydrogen-bond acceptors (Lipinski definition) is 6. The molecule has 0 aliphatic carbocycles. The number of allylic oxidation sites excluding steroid dienone is 14. The topological polar surface area (TPSA) is 78.9 Å². The van der Waals surface area contributed by atoms with E-state index in [0.29, 0.717) is 19.3 Å². The SMILES string of the molecule is CCC\C=C/C=C\C=C/C=C\C=C/CCCCCCCC(=O)OCC(COC(=O)CCCCCCCCCCCCCC)OC(=O)CCCCCCCCC/C=C\C/C=C\CCCCC. The molecular weight excluding hydrogens is 805 g/mol. The van der Waals surface area contributed by atoms with Gasteiger partial charge in [0.1, 0.15) is 13.2 Å². The van der Waals surface area contributed by atoms with Crippen LogP contribution < -0.4 is 0 Å². The standard InChI is InChI=1S/C59H100O6/c1-4-7-10-13-16-19-22-25-27-29-31-32-34-37-40-43-46-49-52-58(61)64-55-56(54-63-57(60)51-48-45-42-39-36-24-21-18-15-12-9-6-3)65-59(62)53-50-47-44-41-38-35-33-30-28-26-23-20-17-14-11-8-5-2/h10,13,16-17,19-20,22,25-29,31-32,56H,4-9,11-12,14-15,18,21,23-24,30,33-55H2,1-3H3/b13-10-,19-16-,20-17-,25-22-,28-26-,29-27-,32-31-. The molecule has 0 rings (SSSR count). The predicted octanol–water partition coefficient (Wildman–Crippen LogP) is 18.0. The summed E-state index contributed by atoms with van der Waals surface area (Å²) in [6.07, 6.45) is 68.4. The van der Waals surface area contributed by atoms with Crippen molar-refractivity contribution in [1.29, 1.82) is 0 Å². The van der Waals surface area contributed by atoms with E-state index in [0.717, 1.165) is 96.3 Å². The van der Waals surface area contributed by atoms with Crippen LogP contribution in [0.25, 0.3) is 0 Å². The highest BCUT2D eigenvalue weighted by Crippen LogP contribution is 2.15. The van der Waals surface area contributed by atoms with E-state index < -0.39 is 6.10 Å². The number of carbonyl (C=O) groups excluding carboxylic acids is 3. The predicted molar refractivity (Wildman–Crippen MR) is 279 cm³/mol. The Hall–Kier alpha value is -3.41. The van der Waals surface area contributed by atoms with Gasteiger partial charge in [0.05, 0.1) is 0 Å². The number of hydrogen-bond donors (Lipinski definition) is 0. The van der Waals surface area contributed by atoms with E-state index in [4.69, 9.17) is 14.2 Å². The van der Waals surface area contributed by atoms with Gasteiger partial charge in [-0.25, -0.2) is 0 Å². The maximum Gasteiger partial charge on any atom is 0.306 e. The molecule has 0 radical (unpaired) electrons. The number of rotatable bonds is 48. The van der Waals surface area contributed by atoms with Gasteiger partial charge in [-0.2, -0.15) is 0 Å². The van der Waals surface area contributed by atoms with E-state index in [-0.39, 0.29) is 31.1 Å². The summed E-state index contributed by atoms with van der Waals surface area (Å²) < 4.78 is 16.8. The van der Waals surface area contributed by atoms with Crippen LogP contribution >= 0.6 is 0 Å². The zero-order valence-electron chi connectivity index (χ0n) is 42.5. The lowest BCUT2D eigenvalue weighted by Gasteiger charge is -2.18. The summed E-state index contributed by atoms with van der Waals surface area (Å²) in [5, 5.41) is 0. The molecule has 6 nitrogen and oxygen atoms in total. The molecule has 0 N–H and O–H groups in total. The molecule has 1 unspecified atom stereocenters. The highest BCUT2D eigenvalue weighted by Gasteiger charge is 2.19. The molecule has 0 amide bonds. The van der Waals surface area contributed by atoms with Crippen molar-refractivity contribution in [2.45, 2.75) is 258 Å². The molecule has 0 aromatic carbocycles. The minimum absolute atomic E-state index is 0.0870. The Balaban J connectivity index is 4.44. The average molecular weight is 905 g/mol. The van der Waals surface area contributed by atoms with Crippen LogP contribution in [0.5, 0.6) is 0 Å². The fraction of sp³-hybridized carbons (Fsp3) is 0.712. The Morgan fingerprint density at radius 3 is 1.08 bits per heavy atom. The summed E-state index contributed by atoms with van der Waals surface area (Å²) in [6, 6.07) is 0. The first-order valence-corrected chi connectivity index (χ1v) is 27.2. The van der Waals surface area contributed by atoms with Gasteiger partial charge in [-0.15, -0.1) is 0 Å². The van der Waals surface area contributed by atoms with Gasteiger partial charge in [0.15, 0.2) is 6.10 Å². The molecule has 6 heteroatoms. The van der Waals surface area contributed by atoms with Crippen LogP contribution in [0.1, 0.15) is 252 Å². The summed E-state index contributed by atoms with van der Waals surface area (Å²) in [7, 11) is 0. The first-order valence-electron chi connectivity index (χ1n) is 27.2. The van der Waals surface area contributed by atoms with Crippen LogP contribution in [0.15, 0.2) is 85.1 Å². The van der Waals surface area contributed by atoms with Gasteiger partial charge in [-0.05, 0) is 70.6 Å². The number of carbonyl (C=O) groups is 3. The molecule has 0 fully saturated rings. The molecule has 372 valence electrons. The number of unbranched alkanes of at least 4 members (excludes halogenated alkanes) is 27. The van der Waals surface area contributed by atoms with Crippen molar-refractivity contribution in [3.05, 3.63) is 85.1 Å². The molecular formula is C59H100O6. The minimum Gasteiger partial charge on any atom is -0.462 e. The summed E-state index contributed by atoms with van der Waals surface area (Å²) in [6.45, 7) is 6.50.